The monoisotopic (exact) mass is 332 g/mol. The van der Waals surface area contributed by atoms with Crippen molar-refractivity contribution >= 4 is 11.8 Å². The second-order valence-electron chi connectivity index (χ2n) is 7.11. The summed E-state index contributed by atoms with van der Waals surface area (Å²) in [5, 5.41) is 7.22. The van der Waals surface area contributed by atoms with Crippen LogP contribution in [0.1, 0.15) is 57.1 Å². The summed E-state index contributed by atoms with van der Waals surface area (Å²) in [6.07, 6.45) is 9.82. The Hall–Kier alpha value is -1.85. The predicted molar refractivity (Wildman–Crippen MR) is 91.3 cm³/mol. The van der Waals surface area contributed by atoms with E-state index in [0.717, 1.165) is 18.5 Å². The van der Waals surface area contributed by atoms with Crippen molar-refractivity contribution in [2.24, 2.45) is 0 Å². The van der Waals surface area contributed by atoms with Gasteiger partial charge in [0.25, 0.3) is 0 Å². The van der Waals surface area contributed by atoms with Gasteiger partial charge < -0.3 is 10.2 Å². The molecule has 0 radical (unpaired) electrons. The van der Waals surface area contributed by atoms with Crippen molar-refractivity contribution in [1.29, 1.82) is 0 Å². The van der Waals surface area contributed by atoms with E-state index in [9.17, 15) is 9.59 Å². The number of amides is 2. The van der Waals surface area contributed by atoms with E-state index in [-0.39, 0.29) is 17.9 Å². The van der Waals surface area contributed by atoms with Gasteiger partial charge in [0.1, 0.15) is 0 Å². The van der Waals surface area contributed by atoms with Gasteiger partial charge in [0.2, 0.25) is 11.8 Å². The van der Waals surface area contributed by atoms with Crippen LogP contribution < -0.4 is 5.32 Å². The van der Waals surface area contributed by atoms with Crippen molar-refractivity contribution in [2.45, 2.75) is 76.9 Å². The van der Waals surface area contributed by atoms with Gasteiger partial charge in [0, 0.05) is 43.9 Å². The summed E-state index contributed by atoms with van der Waals surface area (Å²) in [7, 11) is 0. The number of hydrogen-bond acceptors (Lipinski definition) is 3. The van der Waals surface area contributed by atoms with Crippen LogP contribution in [-0.2, 0) is 16.1 Å². The number of nitrogens with one attached hydrogen (secondary N) is 1. The van der Waals surface area contributed by atoms with E-state index < -0.39 is 0 Å². The van der Waals surface area contributed by atoms with E-state index in [1.54, 1.807) is 6.20 Å². The number of aromatic nitrogens is 2. The summed E-state index contributed by atoms with van der Waals surface area (Å²) in [6, 6.07) is 2.28. The fourth-order valence-electron chi connectivity index (χ4n) is 3.89. The Bertz CT molecular complexity index is 575. The quantitative estimate of drug-likeness (QED) is 0.839. The zero-order valence-corrected chi connectivity index (χ0v) is 14.5. The van der Waals surface area contributed by atoms with Gasteiger partial charge in [-0.2, -0.15) is 5.10 Å². The SMILES string of the molecule is Cc1ccnn1CCC(=O)N[C@@H]1CC(=O)N(C2CCCCCC2)C1. The zero-order chi connectivity index (χ0) is 16.9. The fraction of sp³-hybridized carbons (Fsp3) is 0.722. The van der Waals surface area contributed by atoms with Crippen LogP contribution in [0.5, 0.6) is 0 Å². The van der Waals surface area contributed by atoms with Crippen molar-refractivity contribution in [2.75, 3.05) is 6.54 Å². The lowest BCUT2D eigenvalue weighted by Gasteiger charge is -2.27. The van der Waals surface area contributed by atoms with Crippen LogP contribution in [0.15, 0.2) is 12.3 Å². The van der Waals surface area contributed by atoms with Gasteiger partial charge in [-0.25, -0.2) is 0 Å². The van der Waals surface area contributed by atoms with Crippen molar-refractivity contribution in [1.82, 2.24) is 20.0 Å². The lowest BCUT2D eigenvalue weighted by molar-refractivity contribution is -0.129. The number of carbonyl (C=O) groups is 2. The number of nitrogens with zero attached hydrogens (tertiary/aromatic N) is 3. The number of rotatable bonds is 5. The molecule has 1 aliphatic heterocycles. The second kappa shape index (κ2) is 7.81. The summed E-state index contributed by atoms with van der Waals surface area (Å²) in [5.74, 6) is 0.209. The van der Waals surface area contributed by atoms with E-state index >= 15 is 0 Å². The predicted octanol–water partition coefficient (Wildman–Crippen LogP) is 2.02. The third kappa shape index (κ3) is 4.16. The molecule has 2 amide bonds. The van der Waals surface area contributed by atoms with E-state index in [4.69, 9.17) is 0 Å². The molecule has 1 N–H and O–H groups in total. The van der Waals surface area contributed by atoms with Crippen LogP contribution in [0.3, 0.4) is 0 Å². The van der Waals surface area contributed by atoms with E-state index in [1.807, 2.05) is 22.6 Å². The molecule has 0 unspecified atom stereocenters. The minimum absolute atomic E-state index is 0.00502. The molecule has 6 heteroatoms. The lowest BCUT2D eigenvalue weighted by Crippen LogP contribution is -2.40. The summed E-state index contributed by atoms with van der Waals surface area (Å²) in [4.78, 5) is 26.5. The maximum Gasteiger partial charge on any atom is 0.225 e. The zero-order valence-electron chi connectivity index (χ0n) is 14.5. The molecular formula is C18H28N4O2. The smallest absolute Gasteiger partial charge is 0.225 e. The van der Waals surface area contributed by atoms with Gasteiger partial charge in [-0.15, -0.1) is 0 Å². The molecule has 24 heavy (non-hydrogen) atoms. The summed E-state index contributed by atoms with van der Waals surface area (Å²) in [6.45, 7) is 3.23. The molecule has 1 atom stereocenters. The molecule has 2 aliphatic rings. The molecular weight excluding hydrogens is 304 g/mol. The summed E-state index contributed by atoms with van der Waals surface area (Å²) < 4.78 is 1.83. The molecule has 0 aromatic carbocycles. The van der Waals surface area contributed by atoms with Crippen molar-refractivity contribution in [3.05, 3.63) is 18.0 Å². The van der Waals surface area contributed by atoms with E-state index in [1.165, 1.54) is 25.7 Å². The Kier molecular flexibility index (Phi) is 5.53. The Balaban J connectivity index is 1.46. The molecule has 132 valence electrons. The highest BCUT2D eigenvalue weighted by Gasteiger charge is 2.34. The molecule has 1 aromatic heterocycles. The molecule has 2 fully saturated rings. The molecule has 6 nitrogen and oxygen atoms in total. The van der Waals surface area contributed by atoms with Crippen molar-refractivity contribution < 1.29 is 9.59 Å². The van der Waals surface area contributed by atoms with Gasteiger partial charge in [0.15, 0.2) is 0 Å². The van der Waals surface area contributed by atoms with Crippen molar-refractivity contribution in [3.8, 4) is 0 Å². The first-order chi connectivity index (χ1) is 11.6. The van der Waals surface area contributed by atoms with Gasteiger partial charge >= 0.3 is 0 Å². The molecule has 2 heterocycles. The molecule has 0 spiro atoms. The van der Waals surface area contributed by atoms with Gasteiger partial charge in [-0.3, -0.25) is 14.3 Å². The standard InChI is InChI=1S/C18H28N4O2/c1-14-8-10-19-22(14)11-9-17(23)20-15-12-18(24)21(13-15)16-6-4-2-3-5-7-16/h8,10,15-16H,2-7,9,11-13H2,1H3,(H,20,23)/t15-/m1/s1. The average molecular weight is 332 g/mol. The first-order valence-corrected chi connectivity index (χ1v) is 9.21. The van der Waals surface area contributed by atoms with Crippen LogP contribution in [0.4, 0.5) is 0 Å². The van der Waals surface area contributed by atoms with Crippen LogP contribution in [0.2, 0.25) is 0 Å². The van der Waals surface area contributed by atoms with Crippen molar-refractivity contribution in [3.63, 3.8) is 0 Å². The normalized spacial score (nSPS) is 22.6. The lowest BCUT2D eigenvalue weighted by atomic mass is 10.1. The number of likely N-dealkylation sites (tertiary alicyclic amines) is 1. The minimum Gasteiger partial charge on any atom is -0.351 e. The number of carbonyl (C=O) groups excluding carboxylic acids is 2. The minimum atomic E-state index is -0.0352. The maximum atomic E-state index is 12.3. The Morgan fingerprint density at radius 2 is 2.04 bits per heavy atom. The van der Waals surface area contributed by atoms with Crippen LogP contribution >= 0.6 is 0 Å². The largest absolute Gasteiger partial charge is 0.351 e. The van der Waals surface area contributed by atoms with Crippen LogP contribution in [0, 0.1) is 6.92 Å². The summed E-state index contributed by atoms with van der Waals surface area (Å²) in [5.41, 5.74) is 1.05. The molecule has 1 aromatic rings. The van der Waals surface area contributed by atoms with Gasteiger partial charge in [0.05, 0.1) is 6.04 Å². The third-order valence-corrected chi connectivity index (χ3v) is 5.27. The van der Waals surface area contributed by atoms with Crippen LogP contribution in [-0.4, -0.2) is 45.1 Å². The Labute approximate surface area is 143 Å². The summed E-state index contributed by atoms with van der Waals surface area (Å²) >= 11 is 0. The maximum absolute atomic E-state index is 12.3. The molecule has 1 saturated heterocycles. The highest BCUT2D eigenvalue weighted by atomic mass is 16.2. The van der Waals surface area contributed by atoms with Gasteiger partial charge in [-0.1, -0.05) is 25.7 Å². The Morgan fingerprint density at radius 3 is 2.71 bits per heavy atom. The van der Waals surface area contributed by atoms with E-state index in [0.29, 0.717) is 32.0 Å². The third-order valence-electron chi connectivity index (χ3n) is 5.27. The molecule has 1 aliphatic carbocycles. The van der Waals surface area contributed by atoms with E-state index in [2.05, 4.69) is 10.4 Å². The molecule has 1 saturated carbocycles. The topological polar surface area (TPSA) is 67.2 Å². The Morgan fingerprint density at radius 1 is 1.29 bits per heavy atom. The highest BCUT2D eigenvalue weighted by molar-refractivity contribution is 5.82. The van der Waals surface area contributed by atoms with Gasteiger partial charge in [-0.05, 0) is 25.8 Å². The first-order valence-electron chi connectivity index (χ1n) is 9.21. The molecule has 0 bridgehead atoms. The first kappa shape index (κ1) is 17.0. The van der Waals surface area contributed by atoms with Crippen LogP contribution in [0.25, 0.3) is 0 Å². The molecule has 3 rings (SSSR count). The average Bonchev–Trinajstić information content (AvgIpc) is 3.01. The number of hydrogen-bond donors (Lipinski definition) is 1. The number of aryl methyl sites for hydroxylation is 2. The fourth-order valence-corrected chi connectivity index (χ4v) is 3.89. The highest BCUT2D eigenvalue weighted by Crippen LogP contribution is 2.25. The second-order valence-corrected chi connectivity index (χ2v) is 7.11.